The van der Waals surface area contributed by atoms with Crippen molar-refractivity contribution < 1.29 is 18.8 Å². The van der Waals surface area contributed by atoms with Crippen LogP contribution in [0.5, 0.6) is 0 Å². The van der Waals surface area contributed by atoms with Gasteiger partial charge in [-0.1, -0.05) is 0 Å². The lowest BCUT2D eigenvalue weighted by atomic mass is 9.99. The Kier molecular flexibility index (Phi) is 4.98. The van der Waals surface area contributed by atoms with E-state index in [1.54, 1.807) is 4.90 Å². The number of halogens is 1. The van der Waals surface area contributed by atoms with Crippen molar-refractivity contribution >= 4 is 23.4 Å². The zero-order valence-corrected chi connectivity index (χ0v) is 14.1. The first kappa shape index (κ1) is 17.3. The van der Waals surface area contributed by atoms with Crippen LogP contribution in [0.15, 0.2) is 12.1 Å². The monoisotopic (exact) mass is 348 g/mol. The van der Waals surface area contributed by atoms with E-state index in [1.165, 1.54) is 24.1 Å². The molecule has 2 N–H and O–H groups in total. The Labute approximate surface area is 145 Å². The molecule has 1 fully saturated rings. The molecule has 1 aromatic carbocycles. The number of anilines is 1. The van der Waals surface area contributed by atoms with Gasteiger partial charge in [-0.15, -0.1) is 0 Å². The molecule has 0 radical (unpaired) electrons. The normalized spacial score (nSPS) is 16.9. The van der Waals surface area contributed by atoms with Gasteiger partial charge in [-0.25, -0.2) is 4.39 Å². The molecule has 0 saturated carbocycles. The number of nitrogens with zero attached hydrogens (tertiary/aromatic N) is 2. The molecule has 2 aliphatic rings. The zero-order chi connectivity index (χ0) is 18.0. The number of carbonyl (C=O) groups is 3. The van der Waals surface area contributed by atoms with Gasteiger partial charge in [0.25, 0.3) is 5.91 Å². The van der Waals surface area contributed by atoms with Crippen molar-refractivity contribution in [3.05, 3.63) is 29.1 Å². The number of hydrogen-bond acceptors (Lipinski definition) is 4. The molecule has 1 saturated heterocycles. The molecule has 3 rings (SSSR count). The van der Waals surface area contributed by atoms with Crippen molar-refractivity contribution in [3.8, 4) is 0 Å². The highest BCUT2D eigenvalue weighted by molar-refractivity contribution is 5.99. The molecule has 3 amide bonds. The van der Waals surface area contributed by atoms with Gasteiger partial charge in [0.2, 0.25) is 11.8 Å². The Bertz CT molecular complexity index is 716. The number of rotatable bonds is 3. The fourth-order valence-corrected chi connectivity index (χ4v) is 3.06. The van der Waals surface area contributed by atoms with Crippen LogP contribution in [0.3, 0.4) is 0 Å². The molecule has 7 nitrogen and oxygen atoms in total. The van der Waals surface area contributed by atoms with Crippen molar-refractivity contribution in [2.24, 2.45) is 0 Å². The molecule has 8 heteroatoms. The number of aryl methyl sites for hydroxylation is 1. The molecule has 1 aromatic rings. The lowest BCUT2D eigenvalue weighted by Gasteiger charge is -2.29. The van der Waals surface area contributed by atoms with E-state index in [9.17, 15) is 18.8 Å². The van der Waals surface area contributed by atoms with E-state index in [0.717, 1.165) is 18.7 Å². The van der Waals surface area contributed by atoms with Crippen LogP contribution in [0.25, 0.3) is 0 Å². The third kappa shape index (κ3) is 3.79. The highest BCUT2D eigenvalue weighted by Crippen LogP contribution is 2.26. The maximum Gasteiger partial charge on any atom is 0.257 e. The minimum atomic E-state index is -0.701. The van der Waals surface area contributed by atoms with Crippen LogP contribution in [-0.2, 0) is 16.0 Å². The summed E-state index contributed by atoms with van der Waals surface area (Å²) in [5.74, 6) is -1.55. The summed E-state index contributed by atoms with van der Waals surface area (Å²) >= 11 is 0. The van der Waals surface area contributed by atoms with E-state index in [-0.39, 0.29) is 23.9 Å². The summed E-state index contributed by atoms with van der Waals surface area (Å²) in [6.45, 7) is 2.58. The van der Waals surface area contributed by atoms with Gasteiger partial charge in [-0.3, -0.25) is 14.4 Å². The SMILES string of the molecule is CN(CC(=O)N1CCNCC1)C(=O)c1cc2c(cc1F)NC(=O)CC2. The van der Waals surface area contributed by atoms with E-state index >= 15 is 0 Å². The number of nitrogens with one attached hydrogen (secondary N) is 2. The van der Waals surface area contributed by atoms with E-state index in [1.807, 2.05) is 0 Å². The molecule has 0 aromatic heterocycles. The van der Waals surface area contributed by atoms with Crippen LogP contribution in [0.2, 0.25) is 0 Å². The third-order valence-electron chi connectivity index (χ3n) is 4.51. The molecule has 2 aliphatic heterocycles. The van der Waals surface area contributed by atoms with Crippen LogP contribution < -0.4 is 10.6 Å². The highest BCUT2D eigenvalue weighted by atomic mass is 19.1. The van der Waals surface area contributed by atoms with Crippen LogP contribution in [0, 0.1) is 5.82 Å². The predicted molar refractivity (Wildman–Crippen MR) is 89.8 cm³/mol. The first-order valence-corrected chi connectivity index (χ1v) is 8.32. The fourth-order valence-electron chi connectivity index (χ4n) is 3.06. The lowest BCUT2D eigenvalue weighted by Crippen LogP contribution is -2.49. The fraction of sp³-hybridized carbons (Fsp3) is 0.471. The molecular weight excluding hydrogens is 327 g/mol. The Balaban J connectivity index is 1.71. The molecular formula is C17H21FN4O3. The molecule has 134 valence electrons. The average molecular weight is 348 g/mol. The van der Waals surface area contributed by atoms with Gasteiger partial charge < -0.3 is 20.4 Å². The van der Waals surface area contributed by atoms with Crippen molar-refractivity contribution in [1.82, 2.24) is 15.1 Å². The Morgan fingerprint density at radius 2 is 1.96 bits per heavy atom. The summed E-state index contributed by atoms with van der Waals surface area (Å²) in [6, 6.07) is 2.64. The lowest BCUT2D eigenvalue weighted by molar-refractivity contribution is -0.132. The first-order chi connectivity index (χ1) is 12.0. The maximum absolute atomic E-state index is 14.3. The topological polar surface area (TPSA) is 81.8 Å². The van der Waals surface area contributed by atoms with E-state index in [2.05, 4.69) is 10.6 Å². The van der Waals surface area contributed by atoms with Crippen LogP contribution >= 0.6 is 0 Å². The van der Waals surface area contributed by atoms with Crippen molar-refractivity contribution in [3.63, 3.8) is 0 Å². The number of amides is 3. The van der Waals surface area contributed by atoms with Crippen LogP contribution in [-0.4, -0.2) is 67.3 Å². The minimum Gasteiger partial charge on any atom is -0.339 e. The van der Waals surface area contributed by atoms with Crippen molar-refractivity contribution in [1.29, 1.82) is 0 Å². The summed E-state index contributed by atoms with van der Waals surface area (Å²) in [4.78, 5) is 39.1. The second-order valence-electron chi connectivity index (χ2n) is 6.33. The van der Waals surface area contributed by atoms with Gasteiger partial charge in [0.05, 0.1) is 12.1 Å². The number of hydrogen-bond donors (Lipinski definition) is 2. The predicted octanol–water partition coefficient (Wildman–Crippen LogP) is 0.214. The highest BCUT2D eigenvalue weighted by Gasteiger charge is 2.25. The van der Waals surface area contributed by atoms with Gasteiger partial charge in [0.1, 0.15) is 5.82 Å². The van der Waals surface area contributed by atoms with Crippen molar-refractivity contribution in [2.75, 3.05) is 45.1 Å². The number of carbonyl (C=O) groups excluding carboxylic acids is 3. The van der Waals surface area contributed by atoms with E-state index in [0.29, 0.717) is 31.6 Å². The molecule has 0 aliphatic carbocycles. The summed E-state index contributed by atoms with van der Waals surface area (Å²) < 4.78 is 14.3. The molecule has 25 heavy (non-hydrogen) atoms. The largest absolute Gasteiger partial charge is 0.339 e. The summed E-state index contributed by atoms with van der Waals surface area (Å²) in [5, 5.41) is 5.76. The number of fused-ring (bicyclic) bond motifs is 1. The zero-order valence-electron chi connectivity index (χ0n) is 14.1. The third-order valence-corrected chi connectivity index (χ3v) is 4.51. The molecule has 0 atom stereocenters. The average Bonchev–Trinajstić information content (AvgIpc) is 2.61. The molecule has 0 unspecified atom stereocenters. The molecule has 0 bridgehead atoms. The smallest absolute Gasteiger partial charge is 0.257 e. The van der Waals surface area contributed by atoms with Gasteiger partial charge >= 0.3 is 0 Å². The second-order valence-corrected chi connectivity index (χ2v) is 6.33. The number of benzene rings is 1. The standard InChI is InChI=1S/C17H21FN4O3/c1-21(10-16(24)22-6-4-19-5-7-22)17(25)12-8-11-2-3-15(23)20-14(11)9-13(12)18/h8-9,19H,2-7,10H2,1H3,(H,20,23). The van der Waals surface area contributed by atoms with E-state index in [4.69, 9.17) is 0 Å². The quantitative estimate of drug-likeness (QED) is 0.818. The maximum atomic E-state index is 14.3. The van der Waals surface area contributed by atoms with Crippen molar-refractivity contribution in [2.45, 2.75) is 12.8 Å². The van der Waals surface area contributed by atoms with Gasteiger partial charge in [0, 0.05) is 45.3 Å². The van der Waals surface area contributed by atoms with Crippen LogP contribution in [0.4, 0.5) is 10.1 Å². The number of piperazine rings is 1. The summed E-state index contributed by atoms with van der Waals surface area (Å²) in [7, 11) is 1.49. The van der Waals surface area contributed by atoms with E-state index < -0.39 is 11.7 Å². The minimum absolute atomic E-state index is 0.0782. The summed E-state index contributed by atoms with van der Waals surface area (Å²) in [6.07, 6.45) is 0.773. The Morgan fingerprint density at radius 3 is 2.68 bits per heavy atom. The van der Waals surface area contributed by atoms with Crippen LogP contribution in [0.1, 0.15) is 22.3 Å². The van der Waals surface area contributed by atoms with Gasteiger partial charge in [0.15, 0.2) is 0 Å². The summed E-state index contributed by atoms with van der Waals surface area (Å²) in [5.41, 5.74) is 1.06. The number of likely N-dealkylation sites (N-methyl/N-ethyl adjacent to an activating group) is 1. The van der Waals surface area contributed by atoms with Gasteiger partial charge in [-0.2, -0.15) is 0 Å². The molecule has 0 spiro atoms. The Hall–Kier alpha value is -2.48. The first-order valence-electron chi connectivity index (χ1n) is 8.32. The van der Waals surface area contributed by atoms with Gasteiger partial charge in [-0.05, 0) is 24.1 Å². The second kappa shape index (κ2) is 7.18. The molecule has 2 heterocycles. The Morgan fingerprint density at radius 1 is 1.24 bits per heavy atom.